The van der Waals surface area contributed by atoms with Gasteiger partial charge in [0.15, 0.2) is 0 Å². The summed E-state index contributed by atoms with van der Waals surface area (Å²) < 4.78 is 13.6. The van der Waals surface area contributed by atoms with Gasteiger partial charge in [-0.1, -0.05) is 25.8 Å². The van der Waals surface area contributed by atoms with E-state index in [4.69, 9.17) is 0 Å². The summed E-state index contributed by atoms with van der Waals surface area (Å²) >= 11 is 0. The lowest BCUT2D eigenvalue weighted by atomic mass is 9.85. The molecule has 0 spiro atoms. The fourth-order valence-corrected chi connectivity index (χ4v) is 3.65. The number of nitrogens with zero attached hydrogens (tertiary/aromatic N) is 2. The van der Waals surface area contributed by atoms with Crippen LogP contribution in [-0.2, 0) is 14.4 Å². The van der Waals surface area contributed by atoms with Crippen LogP contribution in [0.2, 0.25) is 0 Å². The van der Waals surface area contributed by atoms with Crippen LogP contribution in [0.1, 0.15) is 38.2 Å². The Morgan fingerprint density at radius 2 is 1.89 bits per heavy atom. The minimum atomic E-state index is -0.997. The highest BCUT2D eigenvalue weighted by molar-refractivity contribution is 6.45. The van der Waals surface area contributed by atoms with E-state index in [1.54, 1.807) is 6.92 Å². The van der Waals surface area contributed by atoms with Gasteiger partial charge in [0.05, 0.1) is 0 Å². The van der Waals surface area contributed by atoms with Crippen molar-refractivity contribution in [1.82, 2.24) is 9.80 Å². The highest BCUT2D eigenvalue weighted by Crippen LogP contribution is 2.31. The number of benzene rings is 1. The van der Waals surface area contributed by atoms with Crippen molar-refractivity contribution in [2.45, 2.75) is 45.6 Å². The van der Waals surface area contributed by atoms with E-state index in [1.807, 2.05) is 6.92 Å². The predicted molar refractivity (Wildman–Crippen MR) is 95.1 cm³/mol. The maximum absolute atomic E-state index is 13.6. The zero-order valence-electron chi connectivity index (χ0n) is 15.3. The van der Waals surface area contributed by atoms with E-state index in [0.717, 1.165) is 30.2 Å². The normalized spacial score (nSPS) is 23.1. The molecule has 1 aromatic carbocycles. The van der Waals surface area contributed by atoms with Crippen LogP contribution < -0.4 is 5.32 Å². The minimum absolute atomic E-state index is 0.115. The maximum atomic E-state index is 13.6. The Balaban J connectivity index is 1.70. The topological polar surface area (TPSA) is 86.8 Å². The molecule has 0 radical (unpaired) electrons. The molecule has 8 heteroatoms. The molecule has 0 bridgehead atoms. The second-order valence-electron chi connectivity index (χ2n) is 7.19. The zero-order valence-corrected chi connectivity index (χ0v) is 15.3. The van der Waals surface area contributed by atoms with Crippen LogP contribution in [0.5, 0.6) is 0 Å². The smallest absolute Gasteiger partial charge is 0.324 e. The fraction of sp³-hybridized carbons (Fsp3) is 0.474. The second kappa shape index (κ2) is 7.46. The monoisotopic (exact) mass is 375 g/mol. The number of hydrogen-bond acceptors (Lipinski definition) is 4. The van der Waals surface area contributed by atoms with E-state index in [9.17, 15) is 23.6 Å². The largest absolute Gasteiger partial charge is 0.334 e. The van der Waals surface area contributed by atoms with E-state index >= 15 is 0 Å². The molecule has 1 heterocycles. The van der Waals surface area contributed by atoms with Crippen molar-refractivity contribution in [1.29, 1.82) is 0 Å². The molecule has 1 aromatic rings. The van der Waals surface area contributed by atoms with Crippen molar-refractivity contribution >= 4 is 29.4 Å². The van der Waals surface area contributed by atoms with Crippen LogP contribution in [-0.4, -0.2) is 46.1 Å². The van der Waals surface area contributed by atoms with Gasteiger partial charge in [0.25, 0.3) is 0 Å². The molecule has 1 aliphatic heterocycles. The first-order valence-corrected chi connectivity index (χ1v) is 9.04. The number of halogens is 1. The fourth-order valence-electron chi connectivity index (χ4n) is 3.65. The lowest BCUT2D eigenvalue weighted by Crippen LogP contribution is -2.46. The van der Waals surface area contributed by atoms with Gasteiger partial charge in [-0.3, -0.25) is 19.3 Å². The van der Waals surface area contributed by atoms with Crippen LogP contribution in [0.3, 0.4) is 0 Å². The van der Waals surface area contributed by atoms with E-state index in [2.05, 4.69) is 5.32 Å². The van der Waals surface area contributed by atoms with Crippen molar-refractivity contribution < 1.29 is 23.6 Å². The molecule has 27 heavy (non-hydrogen) atoms. The molecule has 7 nitrogen and oxygen atoms in total. The van der Waals surface area contributed by atoms with Gasteiger partial charge >= 0.3 is 17.8 Å². The van der Waals surface area contributed by atoms with Gasteiger partial charge in [-0.05, 0) is 43.4 Å². The Labute approximate surface area is 156 Å². The lowest BCUT2D eigenvalue weighted by molar-refractivity contribution is -0.145. The van der Waals surface area contributed by atoms with Gasteiger partial charge in [0.1, 0.15) is 12.4 Å². The molecule has 2 aliphatic rings. The summed E-state index contributed by atoms with van der Waals surface area (Å²) in [7, 11) is 0. The molecular weight excluding hydrogens is 353 g/mol. The van der Waals surface area contributed by atoms with Crippen molar-refractivity contribution in [2.75, 3.05) is 11.9 Å². The van der Waals surface area contributed by atoms with Crippen molar-refractivity contribution in [2.24, 2.45) is 5.92 Å². The molecule has 2 fully saturated rings. The number of rotatable bonds is 4. The SMILES string of the molecule is Cc1ccc(NC(=O)CN2C(=O)C(=O)N([C@@H]3CCCC[C@@H]3C)C2=O)cc1F. The predicted octanol–water partition coefficient (Wildman–Crippen LogP) is 2.44. The minimum Gasteiger partial charge on any atom is -0.324 e. The van der Waals surface area contributed by atoms with Crippen LogP contribution in [0.15, 0.2) is 18.2 Å². The molecule has 0 aromatic heterocycles. The van der Waals surface area contributed by atoms with Crippen LogP contribution in [0.25, 0.3) is 0 Å². The number of aryl methyl sites for hydroxylation is 1. The number of nitrogens with one attached hydrogen (secondary N) is 1. The van der Waals surface area contributed by atoms with Crippen molar-refractivity contribution in [3.05, 3.63) is 29.6 Å². The van der Waals surface area contributed by atoms with Gasteiger partial charge in [-0.25, -0.2) is 14.1 Å². The first kappa shape index (κ1) is 19.0. The average molecular weight is 375 g/mol. The van der Waals surface area contributed by atoms with Crippen molar-refractivity contribution in [3.8, 4) is 0 Å². The highest BCUT2D eigenvalue weighted by atomic mass is 19.1. The molecule has 0 unspecified atom stereocenters. The number of anilines is 1. The van der Waals surface area contributed by atoms with Crippen LogP contribution in [0.4, 0.5) is 14.9 Å². The van der Waals surface area contributed by atoms with E-state index in [-0.39, 0.29) is 17.6 Å². The summed E-state index contributed by atoms with van der Waals surface area (Å²) in [5.41, 5.74) is 0.645. The zero-order chi connectivity index (χ0) is 19.7. The molecule has 1 aliphatic carbocycles. The Kier molecular flexibility index (Phi) is 5.25. The summed E-state index contributed by atoms with van der Waals surface area (Å²) in [6, 6.07) is 3.11. The van der Waals surface area contributed by atoms with E-state index in [1.165, 1.54) is 12.1 Å². The van der Waals surface area contributed by atoms with Gasteiger partial charge in [-0.15, -0.1) is 0 Å². The standard InChI is InChI=1S/C19H22FN3O4/c1-11-7-8-13(9-14(11)20)21-16(24)10-22-17(25)18(26)23(19(22)27)15-6-4-3-5-12(15)2/h7-9,12,15H,3-6,10H2,1-2H3,(H,21,24)/t12-,15+/m0/s1. The Morgan fingerprint density at radius 1 is 1.19 bits per heavy atom. The molecule has 5 amide bonds. The third-order valence-electron chi connectivity index (χ3n) is 5.24. The van der Waals surface area contributed by atoms with Gasteiger partial charge in [0.2, 0.25) is 5.91 Å². The quantitative estimate of drug-likeness (QED) is 0.647. The maximum Gasteiger partial charge on any atom is 0.334 e. The van der Waals surface area contributed by atoms with Gasteiger partial charge in [-0.2, -0.15) is 0 Å². The molecule has 1 saturated heterocycles. The lowest BCUT2D eigenvalue weighted by Gasteiger charge is -2.34. The van der Waals surface area contributed by atoms with Crippen LogP contribution >= 0.6 is 0 Å². The average Bonchev–Trinajstić information content (AvgIpc) is 2.82. The second-order valence-corrected chi connectivity index (χ2v) is 7.19. The number of carbonyl (C=O) groups excluding carboxylic acids is 4. The number of imide groups is 2. The van der Waals surface area contributed by atoms with Gasteiger partial charge in [0, 0.05) is 11.7 Å². The first-order chi connectivity index (χ1) is 12.8. The molecule has 1 N–H and O–H groups in total. The summed E-state index contributed by atoms with van der Waals surface area (Å²) in [5, 5.41) is 2.44. The Morgan fingerprint density at radius 3 is 2.56 bits per heavy atom. The summed E-state index contributed by atoms with van der Waals surface area (Å²) in [6.07, 6.45) is 3.46. The van der Waals surface area contributed by atoms with Crippen molar-refractivity contribution in [3.63, 3.8) is 0 Å². The van der Waals surface area contributed by atoms with Crippen LogP contribution in [0, 0.1) is 18.7 Å². The number of urea groups is 1. The Bertz CT molecular complexity index is 810. The third kappa shape index (κ3) is 3.70. The first-order valence-electron chi connectivity index (χ1n) is 9.04. The summed E-state index contributed by atoms with van der Waals surface area (Å²) in [6.45, 7) is 2.96. The summed E-state index contributed by atoms with van der Waals surface area (Å²) in [4.78, 5) is 51.1. The number of carbonyl (C=O) groups is 4. The van der Waals surface area contributed by atoms with E-state index < -0.39 is 36.1 Å². The number of amides is 5. The van der Waals surface area contributed by atoms with E-state index in [0.29, 0.717) is 16.9 Å². The third-order valence-corrected chi connectivity index (χ3v) is 5.24. The number of hydrogen-bond donors (Lipinski definition) is 1. The van der Waals surface area contributed by atoms with Gasteiger partial charge < -0.3 is 5.32 Å². The highest BCUT2D eigenvalue weighted by Gasteiger charge is 2.49. The Hall–Kier alpha value is -2.77. The molecule has 1 saturated carbocycles. The summed E-state index contributed by atoms with van der Waals surface area (Å²) in [5.74, 6) is -2.92. The molecule has 2 atom stereocenters. The molecule has 3 rings (SSSR count). The molecule has 144 valence electrons. The molecular formula is C19H22FN3O4.